The monoisotopic (exact) mass is 878 g/mol. The first-order valence-electron chi connectivity index (χ1n) is 19.0. The minimum absolute atomic E-state index is 0. The second kappa shape index (κ2) is 15.1. The molecule has 0 atom stereocenters. The number of hydrogen-bond acceptors (Lipinski definition) is 4. The van der Waals surface area contributed by atoms with Gasteiger partial charge in [0.1, 0.15) is 0 Å². The molecule has 0 amide bonds. The molecule has 4 nitrogen and oxygen atoms in total. The fourth-order valence-electron chi connectivity index (χ4n) is 8.52. The summed E-state index contributed by atoms with van der Waals surface area (Å²) in [5, 5.41) is 14.4. The van der Waals surface area contributed by atoms with Crippen molar-refractivity contribution in [1.29, 1.82) is 0 Å². The molecule has 2 aliphatic carbocycles. The topological polar surface area (TPSA) is 63.1 Å². The Morgan fingerprint density at radius 3 is 1.98 bits per heavy atom. The van der Waals surface area contributed by atoms with Crippen LogP contribution in [0, 0.1) is 17.9 Å². The Kier molecular flexibility index (Phi) is 10.9. The molecule has 1 radical (unpaired) electrons. The second-order valence-electron chi connectivity index (χ2n) is 15.4. The van der Waals surface area contributed by atoms with Crippen LogP contribution >= 0.6 is 0 Å². The molecule has 8 rings (SSSR count). The summed E-state index contributed by atoms with van der Waals surface area (Å²) in [6.45, 7) is 15.0. The van der Waals surface area contributed by atoms with Gasteiger partial charge in [0, 0.05) is 61.5 Å². The number of nitrogens with zero attached hydrogens (tertiary/aromatic N) is 2. The van der Waals surface area contributed by atoms with E-state index in [-0.39, 0.29) is 48.9 Å². The standard InChI is InChI=1S/C35H25N2.C13H24O2.Ir/c1-34(2,3)24-16-22-13-15-37-33-27-17-23-20-36-14-12-21(23)18-30(27)35(31(19-24)32(22)33)28-10-6-4-8-25(28)26-9-5-7-11-29(26)35;1-5-10(6-2)12(14)9-13(15)11(7-3)8-4;/h4-16,18-20H,1-3H3;9-11,14H,5-8H2,1-4H3;/q-1;;/b;12-9-;. The minimum atomic E-state index is -0.452. The van der Waals surface area contributed by atoms with Crippen LogP contribution in [0.4, 0.5) is 0 Å². The van der Waals surface area contributed by atoms with E-state index in [4.69, 9.17) is 4.98 Å². The molecular weight excluding hydrogens is 829 g/mol. The first-order valence-corrected chi connectivity index (χ1v) is 19.0. The molecule has 1 spiro atoms. The van der Waals surface area contributed by atoms with Crippen LogP contribution in [-0.4, -0.2) is 20.9 Å². The van der Waals surface area contributed by atoms with Crippen molar-refractivity contribution in [2.45, 2.75) is 85.0 Å². The third-order valence-electron chi connectivity index (χ3n) is 11.5. The summed E-state index contributed by atoms with van der Waals surface area (Å²) >= 11 is 0. The number of carbonyl (C=O) groups is 1. The van der Waals surface area contributed by atoms with Gasteiger partial charge in [-0.05, 0) is 87.5 Å². The maximum absolute atomic E-state index is 11.7. The molecule has 2 aliphatic rings. The van der Waals surface area contributed by atoms with Crippen LogP contribution in [0.25, 0.3) is 43.9 Å². The molecular formula is C48H49IrN2O2-. The van der Waals surface area contributed by atoms with E-state index in [0.717, 1.165) is 47.7 Å². The number of hydrogen-bond donors (Lipinski definition) is 1. The molecule has 6 aromatic rings. The van der Waals surface area contributed by atoms with E-state index in [9.17, 15) is 9.90 Å². The molecule has 53 heavy (non-hydrogen) atoms. The molecule has 0 aliphatic heterocycles. The van der Waals surface area contributed by atoms with Gasteiger partial charge in [0.15, 0.2) is 5.78 Å². The Balaban J connectivity index is 0.000000258. The summed E-state index contributed by atoms with van der Waals surface area (Å²) in [7, 11) is 0. The Morgan fingerprint density at radius 2 is 1.38 bits per heavy atom. The van der Waals surface area contributed by atoms with Crippen molar-refractivity contribution in [3.8, 4) is 22.4 Å². The Hall–Kier alpha value is -4.44. The number of aliphatic hydroxyl groups excluding tert-OH is 1. The van der Waals surface area contributed by atoms with Gasteiger partial charge in [0.05, 0.1) is 5.76 Å². The summed E-state index contributed by atoms with van der Waals surface area (Å²) in [5.74, 6) is 0.547. The predicted molar refractivity (Wildman–Crippen MR) is 215 cm³/mol. The van der Waals surface area contributed by atoms with Crippen LogP contribution in [0.5, 0.6) is 0 Å². The molecule has 0 fully saturated rings. The number of allylic oxidation sites excluding steroid dienone is 2. The average Bonchev–Trinajstić information content (AvgIpc) is 3.44. The molecule has 4 aromatic carbocycles. The Labute approximate surface area is 328 Å². The van der Waals surface area contributed by atoms with Crippen molar-refractivity contribution in [3.63, 3.8) is 0 Å². The van der Waals surface area contributed by atoms with Gasteiger partial charge in [-0.1, -0.05) is 137 Å². The first-order chi connectivity index (χ1) is 25.1. The van der Waals surface area contributed by atoms with Gasteiger partial charge in [-0.15, -0.1) is 12.1 Å². The molecule has 0 saturated heterocycles. The SMILES string of the molecule is CC(C)(C)c1cc2c3c(nccc3c1)-c1[c-]c3cnccc3cc1C21c2ccccc2-c2ccccc21.CCC(CC)C(=O)/C=C(\O)C(CC)CC.[Ir]. The van der Waals surface area contributed by atoms with Crippen molar-refractivity contribution in [2.24, 2.45) is 11.8 Å². The Morgan fingerprint density at radius 1 is 0.774 bits per heavy atom. The number of carbonyl (C=O) groups excluding carboxylic acids is 1. The summed E-state index contributed by atoms with van der Waals surface area (Å²) < 4.78 is 0. The third kappa shape index (κ3) is 6.36. The number of ketones is 1. The van der Waals surface area contributed by atoms with Gasteiger partial charge in [0.25, 0.3) is 0 Å². The van der Waals surface area contributed by atoms with Crippen molar-refractivity contribution < 1.29 is 30.0 Å². The van der Waals surface area contributed by atoms with E-state index < -0.39 is 5.41 Å². The van der Waals surface area contributed by atoms with E-state index in [1.54, 1.807) is 0 Å². The quantitative estimate of drug-likeness (QED) is 0.0984. The van der Waals surface area contributed by atoms with Gasteiger partial charge in [-0.2, -0.15) is 0 Å². The van der Waals surface area contributed by atoms with E-state index in [1.807, 2.05) is 46.3 Å². The van der Waals surface area contributed by atoms with Crippen molar-refractivity contribution in [2.75, 3.05) is 0 Å². The molecule has 0 saturated carbocycles. The normalized spacial score (nSPS) is 13.7. The average molecular weight is 878 g/mol. The van der Waals surface area contributed by atoms with Crippen LogP contribution in [0.15, 0.2) is 109 Å². The van der Waals surface area contributed by atoms with Gasteiger partial charge in [-0.3, -0.25) is 9.78 Å². The molecule has 5 heteroatoms. The minimum Gasteiger partial charge on any atom is -0.512 e. The van der Waals surface area contributed by atoms with E-state index in [0.29, 0.717) is 0 Å². The summed E-state index contributed by atoms with van der Waals surface area (Å²) in [4.78, 5) is 21.1. The maximum atomic E-state index is 11.7. The van der Waals surface area contributed by atoms with Crippen LogP contribution in [0.3, 0.4) is 0 Å². The molecule has 0 unspecified atom stereocenters. The van der Waals surface area contributed by atoms with Gasteiger partial charge in [-0.25, -0.2) is 0 Å². The van der Waals surface area contributed by atoms with Crippen molar-refractivity contribution in [1.82, 2.24) is 9.97 Å². The summed E-state index contributed by atoms with van der Waals surface area (Å²) in [5.41, 5.74) is 10.8. The second-order valence-corrected chi connectivity index (χ2v) is 15.4. The van der Waals surface area contributed by atoms with Crippen molar-refractivity contribution in [3.05, 3.63) is 143 Å². The van der Waals surface area contributed by atoms with Crippen LogP contribution < -0.4 is 0 Å². The van der Waals surface area contributed by atoms with Crippen LogP contribution in [-0.2, 0) is 35.7 Å². The van der Waals surface area contributed by atoms with E-state index in [2.05, 4.69) is 111 Å². The fraction of sp³-hybridized carbons (Fsp3) is 0.312. The summed E-state index contributed by atoms with van der Waals surface area (Å²) in [6, 6.07) is 33.1. The van der Waals surface area contributed by atoms with E-state index >= 15 is 0 Å². The number of aliphatic hydroxyl groups is 1. The molecule has 273 valence electrons. The van der Waals surface area contributed by atoms with E-state index in [1.165, 1.54) is 55.8 Å². The summed E-state index contributed by atoms with van der Waals surface area (Å²) in [6.07, 6.45) is 10.6. The van der Waals surface area contributed by atoms with Gasteiger partial charge >= 0.3 is 0 Å². The third-order valence-corrected chi connectivity index (χ3v) is 11.5. The van der Waals surface area contributed by atoms with Crippen LogP contribution in [0.1, 0.15) is 102 Å². The number of rotatable bonds is 7. The number of aromatic nitrogens is 2. The maximum Gasteiger partial charge on any atom is 0.162 e. The number of fused-ring (bicyclic) bond motifs is 10. The van der Waals surface area contributed by atoms with Gasteiger partial charge in [0.2, 0.25) is 0 Å². The zero-order valence-corrected chi connectivity index (χ0v) is 34.3. The molecule has 2 aromatic heterocycles. The zero-order valence-electron chi connectivity index (χ0n) is 31.9. The van der Waals surface area contributed by atoms with Crippen LogP contribution in [0.2, 0.25) is 0 Å². The molecule has 0 bridgehead atoms. The largest absolute Gasteiger partial charge is 0.512 e. The first kappa shape index (κ1) is 38.3. The molecule has 2 heterocycles. The predicted octanol–water partition coefficient (Wildman–Crippen LogP) is 12.1. The molecule has 1 N–H and O–H groups in total. The van der Waals surface area contributed by atoms with Gasteiger partial charge < -0.3 is 10.1 Å². The zero-order chi connectivity index (χ0) is 36.8. The number of benzene rings is 4. The van der Waals surface area contributed by atoms with Crippen molar-refractivity contribution >= 4 is 27.3 Å². The number of pyridine rings is 2. The smallest absolute Gasteiger partial charge is 0.162 e. The Bertz CT molecular complexity index is 2300. The fourth-order valence-corrected chi connectivity index (χ4v) is 8.52.